The number of benzene rings is 3. The molecular weight excluding hydrogens is 332 g/mol. The lowest BCUT2D eigenvalue weighted by atomic mass is 10.2. The molecule has 4 rings (SSSR count). The van der Waals surface area contributed by atoms with Gasteiger partial charge in [0.2, 0.25) is 0 Å². The van der Waals surface area contributed by atoms with E-state index in [-0.39, 0.29) is 0 Å². The lowest BCUT2D eigenvalue weighted by molar-refractivity contribution is 1.18. The van der Waals surface area contributed by atoms with Gasteiger partial charge in [-0.2, -0.15) is 0 Å². The molecule has 0 saturated heterocycles. The molecule has 0 fully saturated rings. The molecule has 4 heteroatoms. The van der Waals surface area contributed by atoms with E-state index in [4.69, 9.17) is 17.2 Å². The summed E-state index contributed by atoms with van der Waals surface area (Å²) in [6.07, 6.45) is 0. The molecule has 0 aliphatic carbocycles. The van der Waals surface area contributed by atoms with Gasteiger partial charge in [-0.3, -0.25) is 4.57 Å². The fourth-order valence-electron chi connectivity index (χ4n) is 2.78. The number of fused-ring (bicyclic) bond motifs is 1. The van der Waals surface area contributed by atoms with Gasteiger partial charge in [0.1, 0.15) is 10.8 Å². The zero-order valence-electron chi connectivity index (χ0n) is 12.8. The molecule has 0 aliphatic heterocycles. The van der Waals surface area contributed by atoms with Crippen molar-refractivity contribution in [2.75, 3.05) is 0 Å². The minimum atomic E-state index is 0.732. The van der Waals surface area contributed by atoms with Crippen LogP contribution in [-0.4, -0.2) is 14.5 Å². The summed E-state index contributed by atoms with van der Waals surface area (Å²) < 4.78 is 2.04. The predicted octanol–water partition coefficient (Wildman–Crippen LogP) is 5.22. The maximum Gasteiger partial charge on any atom is 0.147 e. The minimum absolute atomic E-state index is 0.732. The van der Waals surface area contributed by atoms with Gasteiger partial charge in [-0.25, -0.2) is 4.98 Å². The third-order valence-corrected chi connectivity index (χ3v) is 4.74. The minimum Gasteiger partial charge on any atom is -0.282 e. The van der Waals surface area contributed by atoms with E-state index in [2.05, 4.69) is 12.6 Å². The van der Waals surface area contributed by atoms with Gasteiger partial charge in [-0.15, -0.1) is 12.6 Å². The van der Waals surface area contributed by atoms with Crippen LogP contribution in [0.15, 0.2) is 83.8 Å². The summed E-state index contributed by atoms with van der Waals surface area (Å²) in [6, 6.07) is 26.0. The van der Waals surface area contributed by atoms with E-state index in [1.807, 2.05) is 83.4 Å². The van der Waals surface area contributed by atoms with Crippen molar-refractivity contribution in [3.8, 4) is 11.4 Å². The maximum atomic E-state index is 5.80. The highest BCUT2D eigenvalue weighted by Gasteiger charge is 2.17. The highest BCUT2D eigenvalue weighted by atomic mass is 32.1. The molecule has 0 aliphatic rings. The molecule has 0 bridgehead atoms. The van der Waals surface area contributed by atoms with Crippen molar-refractivity contribution in [1.82, 2.24) is 9.55 Å². The number of rotatable bonds is 2. The molecule has 0 radical (unpaired) electrons. The Bertz CT molecular complexity index is 1040. The monoisotopic (exact) mass is 346 g/mol. The molecule has 0 atom stereocenters. The lowest BCUT2D eigenvalue weighted by Crippen LogP contribution is -2.12. The maximum absolute atomic E-state index is 5.80. The third-order valence-electron chi connectivity index (χ3n) is 3.93. The largest absolute Gasteiger partial charge is 0.282 e. The summed E-state index contributed by atoms with van der Waals surface area (Å²) >= 11 is 10.4. The van der Waals surface area contributed by atoms with Crippen LogP contribution in [0, 0.1) is 0 Å². The summed E-state index contributed by atoms with van der Waals surface area (Å²) in [5.41, 5.74) is 3.88. The smallest absolute Gasteiger partial charge is 0.147 e. The molecule has 1 aromatic heterocycles. The molecule has 0 N–H and O–H groups in total. The number of imidazole rings is 1. The number of aromatic nitrogens is 2. The Labute approximate surface area is 151 Å². The molecule has 0 spiro atoms. The number of thiocarbonyl (C=S) groups is 1. The van der Waals surface area contributed by atoms with E-state index in [1.165, 1.54) is 0 Å². The van der Waals surface area contributed by atoms with E-state index >= 15 is 0 Å². The van der Waals surface area contributed by atoms with Crippen LogP contribution in [0.1, 0.15) is 5.56 Å². The van der Waals surface area contributed by atoms with Crippen LogP contribution in [0.25, 0.3) is 22.4 Å². The highest BCUT2D eigenvalue weighted by molar-refractivity contribution is 7.81. The molecule has 4 aromatic rings. The molecule has 3 aromatic carbocycles. The van der Waals surface area contributed by atoms with Crippen molar-refractivity contribution in [1.29, 1.82) is 0 Å². The molecular formula is C20H14N2S2. The van der Waals surface area contributed by atoms with Crippen molar-refractivity contribution in [3.63, 3.8) is 0 Å². The Morgan fingerprint density at radius 3 is 2.29 bits per heavy atom. The van der Waals surface area contributed by atoms with Crippen LogP contribution >= 0.6 is 24.8 Å². The number of hydrogen-bond donors (Lipinski definition) is 1. The molecule has 2 nitrogen and oxygen atoms in total. The molecule has 116 valence electrons. The molecule has 1 heterocycles. The van der Waals surface area contributed by atoms with Crippen molar-refractivity contribution in [2.45, 2.75) is 4.90 Å². The predicted molar refractivity (Wildman–Crippen MR) is 106 cm³/mol. The zero-order chi connectivity index (χ0) is 16.5. The van der Waals surface area contributed by atoms with Crippen LogP contribution in [0.2, 0.25) is 0 Å². The zero-order valence-corrected chi connectivity index (χ0v) is 14.5. The first-order chi connectivity index (χ1) is 11.8. The van der Waals surface area contributed by atoms with Crippen molar-refractivity contribution in [2.24, 2.45) is 0 Å². The van der Waals surface area contributed by atoms with E-state index in [0.717, 1.165) is 37.9 Å². The number of para-hydroxylation sites is 2. The Balaban J connectivity index is 2.01. The van der Waals surface area contributed by atoms with E-state index in [1.54, 1.807) is 0 Å². The first kappa shape index (κ1) is 15.1. The summed E-state index contributed by atoms with van der Waals surface area (Å²) in [6.45, 7) is 0. The molecule has 0 saturated carbocycles. The Morgan fingerprint density at radius 2 is 1.50 bits per heavy atom. The normalized spacial score (nSPS) is 10.9. The van der Waals surface area contributed by atoms with Gasteiger partial charge in [0.25, 0.3) is 0 Å². The standard InChI is InChI=1S/C20H14N2S2/c23-18-13-7-4-10-15(18)19-21-16-11-5-6-12-17(16)22(19)20(24)14-8-2-1-3-9-14/h1-13,23H. The van der Waals surface area contributed by atoms with Crippen molar-refractivity contribution in [3.05, 3.63) is 84.4 Å². The molecule has 0 unspecified atom stereocenters. The summed E-state index contributed by atoms with van der Waals surface area (Å²) in [5, 5.41) is 0. The molecule has 24 heavy (non-hydrogen) atoms. The van der Waals surface area contributed by atoms with Gasteiger partial charge in [0.15, 0.2) is 0 Å². The van der Waals surface area contributed by atoms with E-state index in [9.17, 15) is 0 Å². The van der Waals surface area contributed by atoms with Gasteiger partial charge < -0.3 is 0 Å². The van der Waals surface area contributed by atoms with Crippen LogP contribution in [0.5, 0.6) is 0 Å². The number of hydrogen-bond acceptors (Lipinski definition) is 3. The summed E-state index contributed by atoms with van der Waals surface area (Å²) in [4.78, 5) is 6.43. The van der Waals surface area contributed by atoms with Crippen molar-refractivity contribution >= 4 is 40.9 Å². The van der Waals surface area contributed by atoms with Gasteiger partial charge in [-0.05, 0) is 18.2 Å². The first-order valence-corrected chi connectivity index (χ1v) is 8.47. The fraction of sp³-hybridized carbons (Fsp3) is 0. The number of thiol groups is 1. The summed E-state index contributed by atoms with van der Waals surface area (Å²) in [5.74, 6) is 0.815. The SMILES string of the molecule is S=C(c1ccccc1)n1c(-c2ccccc2S)nc2ccccc21. The lowest BCUT2D eigenvalue weighted by Gasteiger charge is -2.12. The average Bonchev–Trinajstić information content (AvgIpc) is 3.01. The second-order valence-corrected chi connectivity index (χ2v) is 6.32. The third kappa shape index (κ3) is 2.54. The van der Waals surface area contributed by atoms with E-state index < -0.39 is 0 Å². The van der Waals surface area contributed by atoms with Gasteiger partial charge in [0, 0.05) is 16.0 Å². The highest BCUT2D eigenvalue weighted by Crippen LogP contribution is 2.30. The van der Waals surface area contributed by atoms with Crippen LogP contribution in [-0.2, 0) is 0 Å². The van der Waals surface area contributed by atoms with Gasteiger partial charge >= 0.3 is 0 Å². The Morgan fingerprint density at radius 1 is 0.833 bits per heavy atom. The van der Waals surface area contributed by atoms with Crippen LogP contribution in [0.4, 0.5) is 0 Å². The first-order valence-electron chi connectivity index (χ1n) is 7.61. The second-order valence-electron chi connectivity index (χ2n) is 5.45. The quantitative estimate of drug-likeness (QED) is 0.396. The second kappa shape index (κ2) is 6.23. The van der Waals surface area contributed by atoms with Crippen LogP contribution < -0.4 is 0 Å². The van der Waals surface area contributed by atoms with E-state index in [0.29, 0.717) is 0 Å². The molecule has 0 amide bonds. The van der Waals surface area contributed by atoms with Gasteiger partial charge in [0.05, 0.1) is 11.0 Å². The average molecular weight is 346 g/mol. The summed E-state index contributed by atoms with van der Waals surface area (Å²) in [7, 11) is 0. The Hall–Kier alpha value is -2.43. The Kier molecular flexibility index (Phi) is 3.92. The topological polar surface area (TPSA) is 17.8 Å². The van der Waals surface area contributed by atoms with Gasteiger partial charge in [-0.1, -0.05) is 72.9 Å². The van der Waals surface area contributed by atoms with Crippen molar-refractivity contribution < 1.29 is 0 Å². The van der Waals surface area contributed by atoms with Crippen LogP contribution in [0.3, 0.4) is 0 Å². The fourth-order valence-corrected chi connectivity index (χ4v) is 3.37. The number of nitrogens with zero attached hydrogens (tertiary/aromatic N) is 2.